The van der Waals surface area contributed by atoms with Gasteiger partial charge in [-0.05, 0) is 59.5 Å². The molecule has 3 rings (SSSR count). The Kier molecular flexibility index (Phi) is 8.62. The molecule has 2 amide bonds. The number of carbonyl (C=O) groups is 3. The second-order valence-electron chi connectivity index (χ2n) is 9.02. The average molecular weight is 475 g/mol. The molecular weight excluding hydrogens is 444 g/mol. The molecule has 0 atom stereocenters. The maximum absolute atomic E-state index is 12.2. The predicted octanol–water partition coefficient (Wildman–Crippen LogP) is 5.68. The van der Waals surface area contributed by atoms with Crippen molar-refractivity contribution < 1.29 is 23.9 Å². The van der Waals surface area contributed by atoms with Crippen LogP contribution >= 0.6 is 0 Å². The van der Waals surface area contributed by atoms with Gasteiger partial charge >= 0.3 is 5.97 Å². The molecular formula is C28H30N2O5. The molecule has 3 aromatic carbocycles. The van der Waals surface area contributed by atoms with Crippen molar-refractivity contribution in [3.63, 3.8) is 0 Å². The zero-order valence-electron chi connectivity index (χ0n) is 20.2. The second-order valence-corrected chi connectivity index (χ2v) is 9.02. The molecule has 2 N–H and O–H groups in total. The first-order valence-electron chi connectivity index (χ1n) is 11.4. The van der Waals surface area contributed by atoms with Gasteiger partial charge in [0.05, 0.1) is 6.42 Å². The number of anilines is 2. The number of esters is 1. The molecule has 0 radical (unpaired) electrons. The summed E-state index contributed by atoms with van der Waals surface area (Å²) in [6.07, 6.45) is -0.187. The predicted molar refractivity (Wildman–Crippen MR) is 136 cm³/mol. The maximum atomic E-state index is 12.2. The van der Waals surface area contributed by atoms with E-state index in [0.29, 0.717) is 17.1 Å². The third-order valence-electron chi connectivity index (χ3n) is 5.07. The lowest BCUT2D eigenvalue weighted by Gasteiger charge is -2.19. The van der Waals surface area contributed by atoms with Crippen molar-refractivity contribution in [3.8, 4) is 11.5 Å². The Hall–Kier alpha value is -4.13. The first-order valence-corrected chi connectivity index (χ1v) is 11.4. The van der Waals surface area contributed by atoms with E-state index < -0.39 is 18.5 Å². The number of rotatable bonds is 9. The number of amides is 2. The van der Waals surface area contributed by atoms with Crippen LogP contribution in [0.4, 0.5) is 11.4 Å². The molecule has 3 aromatic rings. The van der Waals surface area contributed by atoms with Crippen LogP contribution in [0, 0.1) is 0 Å². The molecule has 0 aromatic heterocycles. The molecule has 35 heavy (non-hydrogen) atoms. The van der Waals surface area contributed by atoms with Crippen molar-refractivity contribution in [2.75, 3.05) is 17.2 Å². The van der Waals surface area contributed by atoms with Crippen LogP contribution in [-0.2, 0) is 24.5 Å². The minimum atomic E-state index is -0.621. The van der Waals surface area contributed by atoms with Gasteiger partial charge in [0.15, 0.2) is 6.61 Å². The highest BCUT2D eigenvalue weighted by Gasteiger charge is 2.13. The SMILES string of the molecule is CC(C)(C)c1ccc(Oc2ccc(NC(=O)CCC(=O)OCC(=O)Nc3ccccc3)cc2)cc1. The number of para-hydroxylation sites is 1. The van der Waals surface area contributed by atoms with Crippen LogP contribution in [0.25, 0.3) is 0 Å². The van der Waals surface area contributed by atoms with E-state index in [1.54, 1.807) is 48.5 Å². The number of benzene rings is 3. The van der Waals surface area contributed by atoms with Crippen LogP contribution in [0.3, 0.4) is 0 Å². The quantitative estimate of drug-likeness (QED) is 0.389. The summed E-state index contributed by atoms with van der Waals surface area (Å²) in [7, 11) is 0. The van der Waals surface area contributed by atoms with Crippen LogP contribution in [0.2, 0.25) is 0 Å². The van der Waals surface area contributed by atoms with Crippen LogP contribution in [0.1, 0.15) is 39.2 Å². The van der Waals surface area contributed by atoms with Gasteiger partial charge in [0.1, 0.15) is 11.5 Å². The van der Waals surface area contributed by atoms with Gasteiger partial charge in [0.2, 0.25) is 5.91 Å². The Morgan fingerprint density at radius 3 is 1.83 bits per heavy atom. The molecule has 182 valence electrons. The fourth-order valence-corrected chi connectivity index (χ4v) is 3.14. The van der Waals surface area contributed by atoms with Crippen molar-refractivity contribution in [2.45, 2.75) is 39.0 Å². The topological polar surface area (TPSA) is 93.7 Å². The molecule has 0 spiro atoms. The number of hydrogen-bond donors (Lipinski definition) is 2. The van der Waals surface area contributed by atoms with Crippen LogP contribution in [0.5, 0.6) is 11.5 Å². The monoisotopic (exact) mass is 474 g/mol. The molecule has 0 heterocycles. The van der Waals surface area contributed by atoms with Gasteiger partial charge in [-0.2, -0.15) is 0 Å². The van der Waals surface area contributed by atoms with Crippen molar-refractivity contribution in [1.29, 1.82) is 0 Å². The zero-order chi connectivity index (χ0) is 25.3. The summed E-state index contributed by atoms with van der Waals surface area (Å²) >= 11 is 0. The summed E-state index contributed by atoms with van der Waals surface area (Å²) < 4.78 is 10.8. The summed E-state index contributed by atoms with van der Waals surface area (Å²) in [6, 6.07) is 23.8. The highest BCUT2D eigenvalue weighted by Crippen LogP contribution is 2.27. The van der Waals surface area contributed by atoms with Crippen LogP contribution < -0.4 is 15.4 Å². The first-order chi connectivity index (χ1) is 16.7. The highest BCUT2D eigenvalue weighted by molar-refractivity contribution is 5.94. The summed E-state index contributed by atoms with van der Waals surface area (Å²) in [5.74, 6) is -0.0252. The maximum Gasteiger partial charge on any atom is 0.306 e. The average Bonchev–Trinajstić information content (AvgIpc) is 2.83. The van der Waals surface area contributed by atoms with Crippen molar-refractivity contribution in [1.82, 2.24) is 0 Å². The van der Waals surface area contributed by atoms with E-state index >= 15 is 0 Å². The minimum absolute atomic E-state index is 0.0580. The fraction of sp³-hybridized carbons (Fsp3) is 0.250. The Bertz CT molecular complexity index is 1130. The van der Waals surface area contributed by atoms with Gasteiger partial charge in [-0.25, -0.2) is 0 Å². The lowest BCUT2D eigenvalue weighted by atomic mass is 9.87. The smallest absolute Gasteiger partial charge is 0.306 e. The van der Waals surface area contributed by atoms with Gasteiger partial charge in [-0.3, -0.25) is 14.4 Å². The third kappa shape index (κ3) is 8.62. The third-order valence-corrected chi connectivity index (χ3v) is 5.07. The van der Waals surface area contributed by atoms with E-state index in [1.165, 1.54) is 5.56 Å². The Balaban J connectivity index is 1.38. The molecule has 0 bridgehead atoms. The molecule has 0 saturated carbocycles. The normalized spacial score (nSPS) is 10.8. The number of hydrogen-bond acceptors (Lipinski definition) is 5. The summed E-state index contributed by atoms with van der Waals surface area (Å²) in [4.78, 5) is 35.8. The lowest BCUT2D eigenvalue weighted by molar-refractivity contribution is -0.147. The van der Waals surface area contributed by atoms with Gasteiger partial charge < -0.3 is 20.1 Å². The molecule has 0 saturated heterocycles. The lowest BCUT2D eigenvalue weighted by Crippen LogP contribution is -2.21. The number of carbonyl (C=O) groups excluding carboxylic acids is 3. The van der Waals surface area contributed by atoms with Crippen LogP contribution in [-0.4, -0.2) is 24.4 Å². The highest BCUT2D eigenvalue weighted by atomic mass is 16.5. The molecule has 0 aliphatic carbocycles. The Morgan fingerprint density at radius 2 is 1.23 bits per heavy atom. The standard InChI is InChI=1S/C28H30N2O5/c1-28(2,3)20-9-13-23(14-10-20)35-24-15-11-22(12-16-24)29-25(31)17-18-27(33)34-19-26(32)30-21-7-5-4-6-8-21/h4-16H,17-19H2,1-3H3,(H,29,31)(H,30,32). The van der Waals surface area contributed by atoms with Gasteiger partial charge in [0, 0.05) is 17.8 Å². The van der Waals surface area contributed by atoms with Crippen molar-refractivity contribution in [2.24, 2.45) is 0 Å². The number of ether oxygens (including phenoxy) is 2. The Labute approximate surface area is 205 Å². The summed E-state index contributed by atoms with van der Waals surface area (Å²) in [5.41, 5.74) is 2.50. The van der Waals surface area contributed by atoms with E-state index in [0.717, 1.165) is 5.75 Å². The van der Waals surface area contributed by atoms with Gasteiger partial charge in [-0.15, -0.1) is 0 Å². The number of nitrogens with one attached hydrogen (secondary N) is 2. The zero-order valence-corrected chi connectivity index (χ0v) is 20.2. The van der Waals surface area contributed by atoms with E-state index in [9.17, 15) is 14.4 Å². The van der Waals surface area contributed by atoms with E-state index in [4.69, 9.17) is 9.47 Å². The van der Waals surface area contributed by atoms with E-state index in [2.05, 4.69) is 31.4 Å². The summed E-state index contributed by atoms with van der Waals surface area (Å²) in [6.45, 7) is 6.06. The minimum Gasteiger partial charge on any atom is -0.457 e. The second kappa shape index (κ2) is 11.8. The Morgan fingerprint density at radius 1 is 0.686 bits per heavy atom. The largest absolute Gasteiger partial charge is 0.457 e. The molecule has 0 unspecified atom stereocenters. The van der Waals surface area contributed by atoms with E-state index in [-0.39, 0.29) is 24.2 Å². The van der Waals surface area contributed by atoms with Crippen LogP contribution in [0.15, 0.2) is 78.9 Å². The molecule has 0 aliphatic heterocycles. The summed E-state index contributed by atoms with van der Waals surface area (Å²) in [5, 5.41) is 5.35. The molecule has 7 heteroatoms. The fourth-order valence-electron chi connectivity index (χ4n) is 3.14. The van der Waals surface area contributed by atoms with Crippen molar-refractivity contribution in [3.05, 3.63) is 84.4 Å². The molecule has 0 aliphatic rings. The van der Waals surface area contributed by atoms with Gasteiger partial charge in [0.25, 0.3) is 5.91 Å². The van der Waals surface area contributed by atoms with Gasteiger partial charge in [-0.1, -0.05) is 51.1 Å². The first kappa shape index (κ1) is 25.5. The molecule has 7 nitrogen and oxygen atoms in total. The van der Waals surface area contributed by atoms with Crippen molar-refractivity contribution >= 4 is 29.2 Å². The van der Waals surface area contributed by atoms with E-state index in [1.807, 2.05) is 30.3 Å². The molecule has 0 fully saturated rings.